The van der Waals surface area contributed by atoms with E-state index in [0.717, 1.165) is 36.7 Å². The quantitative estimate of drug-likeness (QED) is 0.229. The number of ether oxygens (including phenoxy) is 1. The first kappa shape index (κ1) is 23.1. The van der Waals surface area contributed by atoms with Crippen molar-refractivity contribution in [2.75, 3.05) is 0 Å². The van der Waals surface area contributed by atoms with E-state index in [9.17, 15) is 13.2 Å². The highest BCUT2D eigenvalue weighted by atomic mass is 19.4. The number of unbranched alkanes of at least 4 members (excludes halogenated alkanes) is 1. The van der Waals surface area contributed by atoms with Gasteiger partial charge in [0.1, 0.15) is 5.75 Å². The highest BCUT2D eigenvalue weighted by Crippen LogP contribution is 2.34. The monoisotopic (exact) mass is 405 g/mol. The van der Waals surface area contributed by atoms with Gasteiger partial charge in [-0.15, -0.1) is 13.2 Å². The molecule has 2 rings (SSSR count). The molecular weight excluding hydrogens is 375 g/mol. The van der Waals surface area contributed by atoms with Crippen LogP contribution in [0.4, 0.5) is 13.2 Å². The highest BCUT2D eigenvalue weighted by Gasteiger charge is 2.30. The predicted molar refractivity (Wildman–Crippen MR) is 109 cm³/mol. The SMILES string of the molecule is N#C/C=C/C=C/CCC1CCC(CCCCc2ccc(OC(F)(F)F)cc2)CC1. The minimum absolute atomic E-state index is 0.160. The van der Waals surface area contributed by atoms with E-state index in [1.807, 2.05) is 12.1 Å². The number of halogens is 3. The normalized spacial score (nSPS) is 20.2. The Morgan fingerprint density at radius 2 is 1.62 bits per heavy atom. The Balaban J connectivity index is 1.55. The fourth-order valence-corrected chi connectivity index (χ4v) is 4.03. The van der Waals surface area contributed by atoms with Crippen LogP contribution in [-0.2, 0) is 6.42 Å². The molecule has 1 fully saturated rings. The highest BCUT2D eigenvalue weighted by molar-refractivity contribution is 5.27. The average Bonchev–Trinajstić information content (AvgIpc) is 2.69. The fourth-order valence-electron chi connectivity index (χ4n) is 4.03. The molecule has 1 aromatic rings. The van der Waals surface area contributed by atoms with Crippen molar-refractivity contribution in [2.45, 2.75) is 70.6 Å². The van der Waals surface area contributed by atoms with E-state index < -0.39 is 6.36 Å². The van der Waals surface area contributed by atoms with Crippen LogP contribution in [-0.4, -0.2) is 6.36 Å². The lowest BCUT2D eigenvalue weighted by atomic mass is 9.78. The second-order valence-corrected chi connectivity index (χ2v) is 7.82. The zero-order chi connectivity index (χ0) is 21.0. The van der Waals surface area contributed by atoms with E-state index in [-0.39, 0.29) is 5.75 Å². The summed E-state index contributed by atoms with van der Waals surface area (Å²) in [7, 11) is 0. The van der Waals surface area contributed by atoms with E-state index in [4.69, 9.17) is 5.26 Å². The number of alkyl halides is 3. The van der Waals surface area contributed by atoms with E-state index in [1.54, 1.807) is 18.2 Å². The Morgan fingerprint density at radius 1 is 0.966 bits per heavy atom. The number of hydrogen-bond donors (Lipinski definition) is 0. The molecule has 0 N–H and O–H groups in total. The maximum Gasteiger partial charge on any atom is 0.573 e. The Bertz CT molecular complexity index is 678. The molecule has 0 spiro atoms. The number of nitriles is 1. The Kier molecular flexibility index (Phi) is 9.83. The summed E-state index contributed by atoms with van der Waals surface area (Å²) in [5.74, 6) is 1.49. The van der Waals surface area contributed by atoms with Gasteiger partial charge in [0.2, 0.25) is 0 Å². The summed E-state index contributed by atoms with van der Waals surface area (Å²) in [5.41, 5.74) is 1.06. The molecule has 158 valence electrons. The van der Waals surface area contributed by atoms with Crippen molar-refractivity contribution < 1.29 is 17.9 Å². The molecule has 1 saturated carbocycles. The third-order valence-electron chi connectivity index (χ3n) is 5.61. The summed E-state index contributed by atoms with van der Waals surface area (Å²) >= 11 is 0. The predicted octanol–water partition coefficient (Wildman–Crippen LogP) is 7.52. The fraction of sp³-hybridized carbons (Fsp3) is 0.542. The molecule has 0 unspecified atom stereocenters. The minimum Gasteiger partial charge on any atom is -0.406 e. The molecule has 0 aromatic heterocycles. The molecule has 1 aromatic carbocycles. The van der Waals surface area contributed by atoms with Gasteiger partial charge in [0.25, 0.3) is 0 Å². The van der Waals surface area contributed by atoms with Crippen molar-refractivity contribution in [1.29, 1.82) is 5.26 Å². The van der Waals surface area contributed by atoms with Crippen molar-refractivity contribution >= 4 is 0 Å². The largest absolute Gasteiger partial charge is 0.573 e. The molecule has 1 aliphatic carbocycles. The summed E-state index contributed by atoms with van der Waals surface area (Å²) in [6, 6.07) is 8.19. The van der Waals surface area contributed by atoms with Gasteiger partial charge in [-0.1, -0.05) is 68.9 Å². The number of aryl methyl sites for hydroxylation is 1. The van der Waals surface area contributed by atoms with E-state index in [0.29, 0.717) is 0 Å². The van der Waals surface area contributed by atoms with Crippen LogP contribution in [0.2, 0.25) is 0 Å². The van der Waals surface area contributed by atoms with Gasteiger partial charge in [-0.25, -0.2) is 0 Å². The Labute approximate surface area is 172 Å². The second kappa shape index (κ2) is 12.4. The maximum absolute atomic E-state index is 12.2. The van der Waals surface area contributed by atoms with Crippen LogP contribution >= 0.6 is 0 Å². The molecular formula is C24H30F3NO. The molecule has 0 bridgehead atoms. The number of nitrogens with zero attached hydrogens (tertiary/aromatic N) is 1. The molecule has 0 saturated heterocycles. The summed E-state index contributed by atoms with van der Waals surface area (Å²) < 4.78 is 40.4. The molecule has 5 heteroatoms. The van der Waals surface area contributed by atoms with Crippen molar-refractivity contribution in [3.05, 3.63) is 54.1 Å². The van der Waals surface area contributed by atoms with Gasteiger partial charge in [-0.3, -0.25) is 0 Å². The topological polar surface area (TPSA) is 33.0 Å². The average molecular weight is 406 g/mol. The zero-order valence-corrected chi connectivity index (χ0v) is 16.8. The van der Waals surface area contributed by atoms with Crippen LogP contribution in [0.1, 0.15) is 63.4 Å². The van der Waals surface area contributed by atoms with E-state index in [2.05, 4.69) is 10.8 Å². The Morgan fingerprint density at radius 3 is 2.24 bits per heavy atom. The number of benzene rings is 1. The third-order valence-corrected chi connectivity index (χ3v) is 5.61. The molecule has 0 amide bonds. The minimum atomic E-state index is -4.63. The molecule has 0 radical (unpaired) electrons. The van der Waals surface area contributed by atoms with Crippen LogP contribution in [0.15, 0.2) is 48.6 Å². The van der Waals surface area contributed by atoms with Crippen LogP contribution in [0, 0.1) is 23.2 Å². The molecule has 0 atom stereocenters. The first-order valence-corrected chi connectivity index (χ1v) is 10.5. The number of rotatable bonds is 10. The van der Waals surface area contributed by atoms with E-state index >= 15 is 0 Å². The second-order valence-electron chi connectivity index (χ2n) is 7.82. The van der Waals surface area contributed by atoms with Crippen molar-refractivity contribution in [3.8, 4) is 11.8 Å². The van der Waals surface area contributed by atoms with Gasteiger partial charge in [0, 0.05) is 6.08 Å². The first-order chi connectivity index (χ1) is 14.0. The Hall–Kier alpha value is -2.22. The lowest BCUT2D eigenvalue weighted by molar-refractivity contribution is -0.274. The maximum atomic E-state index is 12.2. The molecule has 0 aliphatic heterocycles. The van der Waals surface area contributed by atoms with Gasteiger partial charge in [0.15, 0.2) is 0 Å². The smallest absolute Gasteiger partial charge is 0.406 e. The molecule has 1 aliphatic rings. The molecule has 0 heterocycles. The van der Waals surface area contributed by atoms with Crippen molar-refractivity contribution in [1.82, 2.24) is 0 Å². The third kappa shape index (κ3) is 10.2. The lowest BCUT2D eigenvalue weighted by Crippen LogP contribution is -2.17. The van der Waals surface area contributed by atoms with Gasteiger partial charge in [-0.05, 0) is 55.2 Å². The van der Waals surface area contributed by atoms with Gasteiger partial charge < -0.3 is 4.74 Å². The lowest BCUT2D eigenvalue weighted by Gasteiger charge is -2.28. The van der Waals surface area contributed by atoms with Gasteiger partial charge in [-0.2, -0.15) is 5.26 Å². The first-order valence-electron chi connectivity index (χ1n) is 10.5. The van der Waals surface area contributed by atoms with Crippen LogP contribution in [0.3, 0.4) is 0 Å². The van der Waals surface area contributed by atoms with Crippen molar-refractivity contribution in [3.63, 3.8) is 0 Å². The summed E-state index contributed by atoms with van der Waals surface area (Å²) in [5, 5.41) is 8.42. The van der Waals surface area contributed by atoms with E-state index in [1.165, 1.54) is 63.2 Å². The molecule has 2 nitrogen and oxygen atoms in total. The summed E-state index contributed by atoms with van der Waals surface area (Å²) in [6.45, 7) is 0. The zero-order valence-electron chi connectivity index (χ0n) is 16.8. The number of hydrogen-bond acceptors (Lipinski definition) is 2. The van der Waals surface area contributed by atoms with Crippen LogP contribution < -0.4 is 4.74 Å². The standard InChI is InChI=1S/C24H30F3NO/c25-24(26,27)29-23-17-15-22(16-18-23)10-6-5-9-21-13-11-20(12-14-21)8-4-2-1-3-7-19-28/h1-3,7,15-18,20-21H,4-6,8-14H2/b2-1+,7-3+. The summed E-state index contributed by atoms with van der Waals surface area (Å²) in [6.07, 6.45) is 14.7. The van der Waals surface area contributed by atoms with Crippen molar-refractivity contribution in [2.24, 2.45) is 11.8 Å². The summed E-state index contributed by atoms with van der Waals surface area (Å²) in [4.78, 5) is 0. The van der Waals surface area contributed by atoms with Gasteiger partial charge >= 0.3 is 6.36 Å². The van der Waals surface area contributed by atoms with Gasteiger partial charge in [0.05, 0.1) is 6.07 Å². The van der Waals surface area contributed by atoms with Crippen LogP contribution in [0.25, 0.3) is 0 Å². The van der Waals surface area contributed by atoms with Crippen LogP contribution in [0.5, 0.6) is 5.75 Å². The number of allylic oxidation sites excluding steroid dienone is 4. The molecule has 29 heavy (non-hydrogen) atoms.